The fourth-order valence-corrected chi connectivity index (χ4v) is 1.98. The largest absolute Gasteiger partial charge is 0.360 e. The quantitative estimate of drug-likeness (QED) is 0.819. The summed E-state index contributed by atoms with van der Waals surface area (Å²) in [5, 5.41) is 8.67. The summed E-state index contributed by atoms with van der Waals surface area (Å²) in [5.41, 5.74) is 0.971. The highest BCUT2D eigenvalue weighted by Crippen LogP contribution is 2.07. The number of aromatic nitrogens is 1. The molecule has 2 rings (SSSR count). The lowest BCUT2D eigenvalue weighted by molar-refractivity contribution is -0.124. The van der Waals surface area contributed by atoms with Crippen molar-refractivity contribution in [3.05, 3.63) is 47.5 Å². The molecule has 0 fully saturated rings. The zero-order valence-electron chi connectivity index (χ0n) is 12.8. The summed E-state index contributed by atoms with van der Waals surface area (Å²) < 4.78 is 17.6. The molecule has 2 amide bonds. The van der Waals surface area contributed by atoms with E-state index in [1.54, 1.807) is 25.1 Å². The zero-order valence-corrected chi connectivity index (χ0v) is 12.8. The third kappa shape index (κ3) is 5.90. The zero-order chi connectivity index (χ0) is 16.7. The average Bonchev–Trinajstić information content (AvgIpc) is 2.92. The first-order valence-electron chi connectivity index (χ1n) is 7.27. The highest BCUT2D eigenvalue weighted by atomic mass is 19.1. The Labute approximate surface area is 133 Å². The van der Waals surface area contributed by atoms with Gasteiger partial charge in [0, 0.05) is 12.5 Å². The first kappa shape index (κ1) is 16.7. The number of amides is 2. The van der Waals surface area contributed by atoms with Crippen molar-refractivity contribution in [3.8, 4) is 0 Å². The van der Waals surface area contributed by atoms with Crippen LogP contribution in [0.1, 0.15) is 24.2 Å². The van der Waals surface area contributed by atoms with Gasteiger partial charge in [0.1, 0.15) is 11.6 Å². The van der Waals surface area contributed by atoms with Crippen molar-refractivity contribution in [2.75, 3.05) is 11.9 Å². The second-order valence-electron chi connectivity index (χ2n) is 5.13. The number of rotatable bonds is 7. The van der Waals surface area contributed by atoms with Crippen LogP contribution in [0.2, 0.25) is 0 Å². The van der Waals surface area contributed by atoms with Gasteiger partial charge in [0.15, 0.2) is 5.82 Å². The van der Waals surface area contributed by atoms with Crippen LogP contribution in [-0.2, 0) is 16.0 Å². The molecular formula is C16H18FN3O3. The Morgan fingerprint density at radius 3 is 2.61 bits per heavy atom. The Hall–Kier alpha value is -2.70. The maximum atomic E-state index is 12.8. The van der Waals surface area contributed by atoms with E-state index >= 15 is 0 Å². The second-order valence-corrected chi connectivity index (χ2v) is 5.13. The standard InChI is InChI=1S/C16H18FN3O3/c1-11-9-14(20-23-11)19-16(22)10-18-15(21)4-2-3-12-5-7-13(17)8-6-12/h5-9H,2-4,10H2,1H3,(H,18,21)(H,19,20,22). The molecule has 2 N–H and O–H groups in total. The minimum atomic E-state index is -0.370. The fraction of sp³-hybridized carbons (Fsp3) is 0.312. The highest BCUT2D eigenvalue weighted by molar-refractivity contribution is 5.93. The van der Waals surface area contributed by atoms with Gasteiger partial charge in [-0.25, -0.2) is 4.39 Å². The molecule has 0 saturated carbocycles. The summed E-state index contributed by atoms with van der Waals surface area (Å²) in [4.78, 5) is 23.3. The maximum Gasteiger partial charge on any atom is 0.245 e. The maximum absolute atomic E-state index is 12.8. The Morgan fingerprint density at radius 2 is 1.96 bits per heavy atom. The number of carbonyl (C=O) groups is 2. The van der Waals surface area contributed by atoms with Gasteiger partial charge in [-0.2, -0.15) is 0 Å². The van der Waals surface area contributed by atoms with Crippen LogP contribution in [0, 0.1) is 12.7 Å². The van der Waals surface area contributed by atoms with E-state index in [0.29, 0.717) is 30.8 Å². The summed E-state index contributed by atoms with van der Waals surface area (Å²) in [6.45, 7) is 1.59. The van der Waals surface area contributed by atoms with Gasteiger partial charge in [-0.3, -0.25) is 9.59 Å². The van der Waals surface area contributed by atoms with Crippen molar-refractivity contribution in [1.29, 1.82) is 0 Å². The molecule has 0 spiro atoms. The van der Waals surface area contributed by atoms with Crippen LogP contribution < -0.4 is 10.6 Å². The topological polar surface area (TPSA) is 84.2 Å². The van der Waals surface area contributed by atoms with Crippen LogP contribution in [0.3, 0.4) is 0 Å². The van der Waals surface area contributed by atoms with Crippen molar-refractivity contribution in [2.45, 2.75) is 26.2 Å². The molecule has 0 unspecified atom stereocenters. The van der Waals surface area contributed by atoms with E-state index in [0.717, 1.165) is 5.56 Å². The predicted octanol–water partition coefficient (Wildman–Crippen LogP) is 2.20. The number of nitrogens with one attached hydrogen (secondary N) is 2. The summed E-state index contributed by atoms with van der Waals surface area (Å²) in [7, 11) is 0. The number of hydrogen-bond acceptors (Lipinski definition) is 4. The van der Waals surface area contributed by atoms with Crippen LogP contribution >= 0.6 is 0 Å². The van der Waals surface area contributed by atoms with Crippen LogP contribution in [0.5, 0.6) is 0 Å². The number of halogens is 1. The smallest absolute Gasteiger partial charge is 0.245 e. The van der Waals surface area contributed by atoms with Gasteiger partial charge < -0.3 is 15.2 Å². The van der Waals surface area contributed by atoms with E-state index in [2.05, 4.69) is 15.8 Å². The van der Waals surface area contributed by atoms with Crippen molar-refractivity contribution in [2.24, 2.45) is 0 Å². The lowest BCUT2D eigenvalue weighted by Gasteiger charge is -2.05. The van der Waals surface area contributed by atoms with Gasteiger partial charge in [0.25, 0.3) is 0 Å². The fourth-order valence-electron chi connectivity index (χ4n) is 1.98. The van der Waals surface area contributed by atoms with E-state index in [1.165, 1.54) is 12.1 Å². The van der Waals surface area contributed by atoms with Gasteiger partial charge in [-0.05, 0) is 37.5 Å². The molecule has 0 atom stereocenters. The Morgan fingerprint density at radius 1 is 1.22 bits per heavy atom. The monoisotopic (exact) mass is 319 g/mol. The van der Waals surface area contributed by atoms with Crippen molar-refractivity contribution >= 4 is 17.6 Å². The number of hydrogen-bond donors (Lipinski definition) is 2. The molecular weight excluding hydrogens is 301 g/mol. The SMILES string of the molecule is Cc1cc(NC(=O)CNC(=O)CCCc2ccc(F)cc2)no1. The van der Waals surface area contributed by atoms with E-state index in [1.807, 2.05) is 0 Å². The molecule has 122 valence electrons. The summed E-state index contributed by atoms with van der Waals surface area (Å²) >= 11 is 0. The molecule has 1 aromatic carbocycles. The molecule has 0 saturated heterocycles. The molecule has 2 aromatic rings. The molecule has 6 nitrogen and oxygen atoms in total. The van der Waals surface area contributed by atoms with Crippen LogP contribution in [-0.4, -0.2) is 23.5 Å². The van der Waals surface area contributed by atoms with Gasteiger partial charge in [-0.15, -0.1) is 0 Å². The second kappa shape index (κ2) is 8.07. The molecule has 23 heavy (non-hydrogen) atoms. The first-order valence-corrected chi connectivity index (χ1v) is 7.27. The molecule has 1 heterocycles. The number of carbonyl (C=O) groups excluding carboxylic acids is 2. The van der Waals surface area contributed by atoms with Gasteiger partial charge in [-0.1, -0.05) is 17.3 Å². The van der Waals surface area contributed by atoms with Gasteiger partial charge in [0.2, 0.25) is 11.8 Å². The average molecular weight is 319 g/mol. The minimum Gasteiger partial charge on any atom is -0.360 e. The molecule has 0 aliphatic carbocycles. The molecule has 0 bridgehead atoms. The highest BCUT2D eigenvalue weighted by Gasteiger charge is 2.08. The number of benzene rings is 1. The Kier molecular flexibility index (Phi) is 5.85. The predicted molar refractivity (Wildman–Crippen MR) is 82.2 cm³/mol. The van der Waals surface area contributed by atoms with Crippen LogP contribution in [0.4, 0.5) is 10.2 Å². The summed E-state index contributed by atoms with van der Waals surface area (Å²) in [6, 6.07) is 7.76. The molecule has 7 heteroatoms. The molecule has 0 aliphatic heterocycles. The Bertz CT molecular complexity index is 667. The first-order chi connectivity index (χ1) is 11.0. The summed E-state index contributed by atoms with van der Waals surface area (Å²) in [5.74, 6) is 0.0479. The minimum absolute atomic E-state index is 0.124. The lowest BCUT2D eigenvalue weighted by atomic mass is 10.1. The van der Waals surface area contributed by atoms with E-state index in [4.69, 9.17) is 4.52 Å². The van der Waals surface area contributed by atoms with Crippen molar-refractivity contribution < 1.29 is 18.5 Å². The normalized spacial score (nSPS) is 10.3. The van der Waals surface area contributed by atoms with E-state index < -0.39 is 0 Å². The van der Waals surface area contributed by atoms with Gasteiger partial charge in [0.05, 0.1) is 6.54 Å². The molecule has 1 aromatic heterocycles. The van der Waals surface area contributed by atoms with Crippen LogP contribution in [0.25, 0.3) is 0 Å². The van der Waals surface area contributed by atoms with E-state index in [-0.39, 0.29) is 24.2 Å². The third-order valence-corrected chi connectivity index (χ3v) is 3.12. The lowest BCUT2D eigenvalue weighted by Crippen LogP contribution is -2.32. The molecule has 0 aliphatic rings. The van der Waals surface area contributed by atoms with Crippen LogP contribution in [0.15, 0.2) is 34.9 Å². The van der Waals surface area contributed by atoms with E-state index in [9.17, 15) is 14.0 Å². The number of nitrogens with zero attached hydrogens (tertiary/aromatic N) is 1. The number of aryl methyl sites for hydroxylation is 2. The van der Waals surface area contributed by atoms with Gasteiger partial charge >= 0.3 is 0 Å². The summed E-state index contributed by atoms with van der Waals surface area (Å²) in [6.07, 6.45) is 1.60. The van der Waals surface area contributed by atoms with Crippen molar-refractivity contribution in [1.82, 2.24) is 10.5 Å². The van der Waals surface area contributed by atoms with Crippen molar-refractivity contribution in [3.63, 3.8) is 0 Å². The Balaban J connectivity index is 1.62. The third-order valence-electron chi connectivity index (χ3n) is 3.12. The number of anilines is 1. The molecule has 0 radical (unpaired) electrons.